The predicted octanol–water partition coefficient (Wildman–Crippen LogP) is 3.08. The van der Waals surface area contributed by atoms with Crippen LogP contribution in [0.15, 0.2) is 0 Å². The Kier molecular flexibility index (Phi) is 8.33. The molecule has 0 aliphatic carbocycles. The molecule has 0 aromatic heterocycles. The molecule has 0 unspecified atom stereocenters. The summed E-state index contributed by atoms with van der Waals surface area (Å²) < 4.78 is 16.1. The summed E-state index contributed by atoms with van der Waals surface area (Å²) in [5.41, 5.74) is 0. The third kappa shape index (κ3) is 6.30. The molecule has 0 aliphatic rings. The van der Waals surface area contributed by atoms with Crippen LogP contribution in [0.2, 0.25) is 6.04 Å². The van der Waals surface area contributed by atoms with Gasteiger partial charge in [0.2, 0.25) is 0 Å². The standard InChI is InChI=1S/C11H26O3Si/c1-11(2)9-7-6-8-10-15(12-3,13-4)14-5/h11H,6-10H2,1-5H3. The van der Waals surface area contributed by atoms with E-state index in [4.69, 9.17) is 13.3 Å². The first-order valence-corrected chi connectivity index (χ1v) is 7.69. The molecule has 0 saturated heterocycles. The molecule has 3 nitrogen and oxygen atoms in total. The first kappa shape index (κ1) is 15.1. The molecule has 0 saturated carbocycles. The average molecular weight is 234 g/mol. The zero-order valence-electron chi connectivity index (χ0n) is 10.8. The summed E-state index contributed by atoms with van der Waals surface area (Å²) in [4.78, 5) is 0. The topological polar surface area (TPSA) is 27.7 Å². The maximum atomic E-state index is 5.36. The lowest BCUT2D eigenvalue weighted by Gasteiger charge is -2.24. The van der Waals surface area contributed by atoms with Crippen molar-refractivity contribution in [2.75, 3.05) is 21.3 Å². The van der Waals surface area contributed by atoms with Crippen molar-refractivity contribution in [3.8, 4) is 0 Å². The molecule has 0 aliphatic heterocycles. The molecule has 0 rings (SSSR count). The lowest BCUT2D eigenvalue weighted by atomic mass is 10.1. The third-order valence-corrected chi connectivity index (χ3v) is 5.53. The van der Waals surface area contributed by atoms with E-state index in [-0.39, 0.29) is 0 Å². The Morgan fingerprint density at radius 2 is 1.40 bits per heavy atom. The van der Waals surface area contributed by atoms with Gasteiger partial charge >= 0.3 is 8.80 Å². The summed E-state index contributed by atoms with van der Waals surface area (Å²) in [5, 5.41) is 0. The molecule has 0 amide bonds. The Balaban J connectivity index is 3.63. The Morgan fingerprint density at radius 1 is 0.867 bits per heavy atom. The van der Waals surface area contributed by atoms with Crippen LogP contribution < -0.4 is 0 Å². The van der Waals surface area contributed by atoms with Crippen LogP contribution in [-0.4, -0.2) is 30.1 Å². The van der Waals surface area contributed by atoms with Crippen LogP contribution in [0, 0.1) is 5.92 Å². The van der Waals surface area contributed by atoms with Crippen molar-refractivity contribution in [1.82, 2.24) is 0 Å². The van der Waals surface area contributed by atoms with Crippen molar-refractivity contribution in [3.05, 3.63) is 0 Å². The van der Waals surface area contributed by atoms with Crippen molar-refractivity contribution in [1.29, 1.82) is 0 Å². The molecule has 0 aromatic rings. The fraction of sp³-hybridized carbons (Fsp3) is 1.00. The minimum atomic E-state index is -2.29. The Hall–Kier alpha value is 0.0969. The van der Waals surface area contributed by atoms with Gasteiger partial charge in [0.15, 0.2) is 0 Å². The summed E-state index contributed by atoms with van der Waals surface area (Å²) in [6.07, 6.45) is 4.97. The van der Waals surface area contributed by atoms with Gasteiger partial charge in [-0.25, -0.2) is 0 Å². The second-order valence-electron chi connectivity index (χ2n) is 4.29. The quantitative estimate of drug-likeness (QED) is 0.453. The van der Waals surface area contributed by atoms with Crippen molar-refractivity contribution in [2.45, 2.75) is 45.6 Å². The number of rotatable bonds is 9. The fourth-order valence-corrected chi connectivity index (χ4v) is 3.42. The maximum Gasteiger partial charge on any atom is 0.500 e. The van der Waals surface area contributed by atoms with Crippen LogP contribution in [0.3, 0.4) is 0 Å². The summed E-state index contributed by atoms with van der Waals surface area (Å²) in [5.74, 6) is 0.805. The average Bonchev–Trinajstić information content (AvgIpc) is 2.24. The molecule has 92 valence electrons. The molecule has 0 spiro atoms. The summed E-state index contributed by atoms with van der Waals surface area (Å²) in [6, 6.07) is 0.925. The van der Waals surface area contributed by atoms with E-state index in [1.54, 1.807) is 21.3 Å². The Morgan fingerprint density at radius 3 is 1.80 bits per heavy atom. The van der Waals surface area contributed by atoms with Crippen LogP contribution >= 0.6 is 0 Å². The monoisotopic (exact) mass is 234 g/mol. The molecule has 0 heterocycles. The second-order valence-corrected chi connectivity index (χ2v) is 7.38. The van der Waals surface area contributed by atoms with Crippen molar-refractivity contribution in [2.24, 2.45) is 5.92 Å². The fourth-order valence-electron chi connectivity index (χ4n) is 1.63. The van der Waals surface area contributed by atoms with Gasteiger partial charge in [-0.05, 0) is 12.3 Å². The van der Waals surface area contributed by atoms with E-state index in [1.807, 2.05) is 0 Å². The molecule has 4 heteroatoms. The number of hydrogen-bond acceptors (Lipinski definition) is 3. The van der Waals surface area contributed by atoms with E-state index in [0.717, 1.165) is 18.4 Å². The maximum absolute atomic E-state index is 5.36. The van der Waals surface area contributed by atoms with Gasteiger partial charge < -0.3 is 13.3 Å². The molecular weight excluding hydrogens is 208 g/mol. The van der Waals surface area contributed by atoms with Crippen LogP contribution in [-0.2, 0) is 13.3 Å². The van der Waals surface area contributed by atoms with Gasteiger partial charge in [-0.15, -0.1) is 0 Å². The lowest BCUT2D eigenvalue weighted by Crippen LogP contribution is -2.42. The normalized spacial score (nSPS) is 12.4. The first-order valence-electron chi connectivity index (χ1n) is 5.75. The Labute approximate surface area is 95.5 Å². The highest BCUT2D eigenvalue weighted by Gasteiger charge is 2.36. The molecule has 0 aromatic carbocycles. The van der Waals surface area contributed by atoms with E-state index in [1.165, 1.54) is 19.3 Å². The lowest BCUT2D eigenvalue weighted by molar-refractivity contribution is 0.122. The minimum absolute atomic E-state index is 0.805. The van der Waals surface area contributed by atoms with Crippen molar-refractivity contribution in [3.63, 3.8) is 0 Å². The van der Waals surface area contributed by atoms with Gasteiger partial charge in [-0.2, -0.15) is 0 Å². The van der Waals surface area contributed by atoms with Crippen LogP contribution in [0.5, 0.6) is 0 Å². The molecule has 0 fully saturated rings. The van der Waals surface area contributed by atoms with Crippen molar-refractivity contribution >= 4 is 8.80 Å². The van der Waals surface area contributed by atoms with Gasteiger partial charge in [0.05, 0.1) is 0 Å². The number of hydrogen-bond donors (Lipinski definition) is 0. The van der Waals surface area contributed by atoms with Crippen LogP contribution in [0.4, 0.5) is 0 Å². The molecule has 0 radical (unpaired) electrons. The van der Waals surface area contributed by atoms with Gasteiger partial charge in [0.25, 0.3) is 0 Å². The second kappa shape index (κ2) is 8.27. The molecule has 0 N–H and O–H groups in total. The largest absolute Gasteiger partial charge is 0.500 e. The summed E-state index contributed by atoms with van der Waals surface area (Å²) >= 11 is 0. The smallest absolute Gasteiger partial charge is 0.377 e. The summed E-state index contributed by atoms with van der Waals surface area (Å²) in [6.45, 7) is 4.52. The van der Waals surface area contributed by atoms with E-state index in [9.17, 15) is 0 Å². The SMILES string of the molecule is CO[Si](CCCCCC(C)C)(OC)OC. The highest BCUT2D eigenvalue weighted by Crippen LogP contribution is 2.18. The van der Waals surface area contributed by atoms with Gasteiger partial charge in [-0.1, -0.05) is 33.1 Å². The van der Waals surface area contributed by atoms with Crippen LogP contribution in [0.25, 0.3) is 0 Å². The van der Waals surface area contributed by atoms with Gasteiger partial charge in [0.1, 0.15) is 0 Å². The Bertz CT molecular complexity index is 139. The van der Waals surface area contributed by atoms with Crippen molar-refractivity contribution < 1.29 is 13.3 Å². The zero-order chi connectivity index (χ0) is 11.7. The van der Waals surface area contributed by atoms with Crippen LogP contribution in [0.1, 0.15) is 39.5 Å². The first-order chi connectivity index (χ1) is 7.10. The van der Waals surface area contributed by atoms with E-state index < -0.39 is 8.80 Å². The molecule has 0 atom stereocenters. The highest BCUT2D eigenvalue weighted by atomic mass is 28.4. The zero-order valence-corrected chi connectivity index (χ0v) is 11.8. The van der Waals surface area contributed by atoms with Gasteiger partial charge in [0, 0.05) is 27.4 Å². The third-order valence-electron chi connectivity index (χ3n) is 2.70. The minimum Gasteiger partial charge on any atom is -0.377 e. The summed E-state index contributed by atoms with van der Waals surface area (Å²) in [7, 11) is 2.73. The molecular formula is C11H26O3Si. The molecule has 0 bridgehead atoms. The molecule has 15 heavy (non-hydrogen) atoms. The highest BCUT2D eigenvalue weighted by molar-refractivity contribution is 6.60. The van der Waals surface area contributed by atoms with E-state index in [2.05, 4.69) is 13.8 Å². The predicted molar refractivity (Wildman–Crippen MR) is 64.9 cm³/mol. The van der Waals surface area contributed by atoms with Gasteiger partial charge in [-0.3, -0.25) is 0 Å². The van der Waals surface area contributed by atoms with E-state index >= 15 is 0 Å². The number of unbranched alkanes of at least 4 members (excludes halogenated alkanes) is 2. The van der Waals surface area contributed by atoms with E-state index in [0.29, 0.717) is 0 Å².